The van der Waals surface area contributed by atoms with Gasteiger partial charge >= 0.3 is 0 Å². The van der Waals surface area contributed by atoms with Crippen molar-refractivity contribution in [1.29, 1.82) is 0 Å². The highest BCUT2D eigenvalue weighted by Crippen LogP contribution is 2.34. The quantitative estimate of drug-likeness (QED) is 0.831. The van der Waals surface area contributed by atoms with Crippen LogP contribution in [0.1, 0.15) is 18.9 Å². The zero-order valence-electron chi connectivity index (χ0n) is 15.9. The summed E-state index contributed by atoms with van der Waals surface area (Å²) in [5.74, 6) is 0.917. The van der Waals surface area contributed by atoms with Gasteiger partial charge in [0.2, 0.25) is 5.91 Å². The summed E-state index contributed by atoms with van der Waals surface area (Å²) >= 11 is 5.99. The van der Waals surface area contributed by atoms with Crippen molar-refractivity contribution in [2.75, 3.05) is 31.1 Å². The number of carbonyl (C=O) groups is 1. The molecule has 2 aromatic rings. The third kappa shape index (κ3) is 3.52. The van der Waals surface area contributed by atoms with Gasteiger partial charge in [-0.3, -0.25) is 4.79 Å². The summed E-state index contributed by atoms with van der Waals surface area (Å²) in [7, 11) is 0. The number of rotatable bonds is 2. The average Bonchev–Trinajstić information content (AvgIpc) is 2.67. The molecule has 7 nitrogen and oxygen atoms in total. The minimum Gasteiger partial charge on any atom is -0.507 e. The van der Waals surface area contributed by atoms with Crippen molar-refractivity contribution in [3.8, 4) is 17.0 Å². The van der Waals surface area contributed by atoms with E-state index in [0.717, 1.165) is 24.3 Å². The van der Waals surface area contributed by atoms with E-state index in [9.17, 15) is 9.90 Å². The van der Waals surface area contributed by atoms with E-state index in [1.165, 1.54) is 6.07 Å². The predicted molar refractivity (Wildman–Crippen MR) is 107 cm³/mol. The standard InChI is InChI=1S/C20H23ClN4O3/c1-12-9-14(21)10-17(27)20(12)15-3-4-19(23-22-15)25-7-8-28-18-5-6-24(13(2)26)11-16(18)25/h3-4,9-10,16,18,27H,5-8,11H2,1-2H3/t16-,18+/m0/s1. The highest BCUT2D eigenvalue weighted by Gasteiger charge is 2.38. The highest BCUT2D eigenvalue weighted by atomic mass is 35.5. The van der Waals surface area contributed by atoms with Crippen LogP contribution in [0.2, 0.25) is 5.02 Å². The van der Waals surface area contributed by atoms with E-state index in [-0.39, 0.29) is 23.8 Å². The van der Waals surface area contributed by atoms with E-state index >= 15 is 0 Å². The van der Waals surface area contributed by atoms with Gasteiger partial charge in [0.15, 0.2) is 5.82 Å². The molecule has 2 fully saturated rings. The van der Waals surface area contributed by atoms with Gasteiger partial charge in [0, 0.05) is 37.1 Å². The summed E-state index contributed by atoms with van der Waals surface area (Å²) in [5, 5.41) is 19.5. The number of aromatic nitrogens is 2. The van der Waals surface area contributed by atoms with E-state index in [1.54, 1.807) is 13.0 Å². The number of aryl methyl sites for hydroxylation is 1. The van der Waals surface area contributed by atoms with Crippen molar-refractivity contribution in [1.82, 2.24) is 15.1 Å². The lowest BCUT2D eigenvalue weighted by Gasteiger charge is -2.47. The van der Waals surface area contributed by atoms with Crippen LogP contribution in [0.3, 0.4) is 0 Å². The van der Waals surface area contributed by atoms with Crippen LogP contribution in [-0.2, 0) is 9.53 Å². The number of ether oxygens (including phenoxy) is 1. The Morgan fingerprint density at radius 3 is 2.79 bits per heavy atom. The molecule has 3 heterocycles. The maximum absolute atomic E-state index is 11.8. The molecule has 2 atom stereocenters. The molecular weight excluding hydrogens is 380 g/mol. The van der Waals surface area contributed by atoms with E-state index in [2.05, 4.69) is 15.1 Å². The molecule has 148 valence electrons. The number of fused-ring (bicyclic) bond motifs is 1. The molecule has 2 aliphatic heterocycles. The zero-order valence-corrected chi connectivity index (χ0v) is 16.7. The number of halogens is 1. The molecule has 0 aliphatic carbocycles. The topological polar surface area (TPSA) is 78.8 Å². The summed E-state index contributed by atoms with van der Waals surface area (Å²) in [4.78, 5) is 15.8. The van der Waals surface area contributed by atoms with Gasteiger partial charge in [-0.15, -0.1) is 10.2 Å². The van der Waals surface area contributed by atoms with Crippen molar-refractivity contribution in [2.45, 2.75) is 32.4 Å². The van der Waals surface area contributed by atoms with Gasteiger partial charge in [-0.25, -0.2) is 0 Å². The number of amides is 1. The van der Waals surface area contributed by atoms with Crippen LogP contribution >= 0.6 is 11.6 Å². The number of carbonyl (C=O) groups excluding carboxylic acids is 1. The molecule has 1 aromatic carbocycles. The Kier molecular flexibility index (Phi) is 5.12. The first-order valence-electron chi connectivity index (χ1n) is 9.41. The molecule has 2 aliphatic rings. The number of phenolic OH excluding ortho intramolecular Hbond substituents is 1. The van der Waals surface area contributed by atoms with Crippen molar-refractivity contribution < 1.29 is 14.6 Å². The number of benzene rings is 1. The number of hydrogen-bond acceptors (Lipinski definition) is 6. The molecule has 8 heteroatoms. The van der Waals surface area contributed by atoms with Gasteiger partial charge in [-0.1, -0.05) is 11.6 Å². The fourth-order valence-corrected chi connectivity index (χ4v) is 4.38. The number of morpholine rings is 1. The fraction of sp³-hybridized carbons (Fsp3) is 0.450. The Morgan fingerprint density at radius 1 is 1.29 bits per heavy atom. The first-order chi connectivity index (χ1) is 13.4. The van der Waals surface area contributed by atoms with Crippen molar-refractivity contribution in [3.05, 3.63) is 34.9 Å². The molecule has 1 aromatic heterocycles. The minimum absolute atomic E-state index is 0.0669. The number of hydrogen-bond donors (Lipinski definition) is 1. The lowest BCUT2D eigenvalue weighted by molar-refractivity contribution is -0.132. The fourth-order valence-electron chi connectivity index (χ4n) is 4.11. The second-order valence-corrected chi connectivity index (χ2v) is 7.75. The maximum Gasteiger partial charge on any atom is 0.219 e. The lowest BCUT2D eigenvalue weighted by atomic mass is 9.98. The molecule has 0 unspecified atom stereocenters. The summed E-state index contributed by atoms with van der Waals surface area (Å²) in [6, 6.07) is 7.12. The molecule has 1 N–H and O–H groups in total. The Morgan fingerprint density at radius 2 is 2.11 bits per heavy atom. The smallest absolute Gasteiger partial charge is 0.219 e. The summed E-state index contributed by atoms with van der Waals surface area (Å²) in [5.41, 5.74) is 2.06. The summed E-state index contributed by atoms with van der Waals surface area (Å²) in [6.45, 7) is 6.16. The number of likely N-dealkylation sites (tertiary alicyclic amines) is 1. The minimum atomic E-state index is 0.0669. The molecule has 0 radical (unpaired) electrons. The van der Waals surface area contributed by atoms with Gasteiger partial charge in [0.1, 0.15) is 5.75 Å². The van der Waals surface area contributed by atoms with Crippen LogP contribution in [0, 0.1) is 6.92 Å². The molecular formula is C20H23ClN4O3. The molecule has 1 amide bonds. The number of piperidine rings is 1. The van der Waals surface area contributed by atoms with Crippen LogP contribution in [-0.4, -0.2) is 64.5 Å². The third-order valence-electron chi connectivity index (χ3n) is 5.51. The largest absolute Gasteiger partial charge is 0.507 e. The molecule has 0 spiro atoms. The van der Waals surface area contributed by atoms with Crippen LogP contribution < -0.4 is 4.90 Å². The molecule has 0 saturated carbocycles. The van der Waals surface area contributed by atoms with Gasteiger partial charge in [-0.05, 0) is 43.2 Å². The highest BCUT2D eigenvalue weighted by molar-refractivity contribution is 6.31. The molecule has 0 bridgehead atoms. The van der Waals surface area contributed by atoms with E-state index in [1.807, 2.05) is 24.0 Å². The maximum atomic E-state index is 11.8. The summed E-state index contributed by atoms with van der Waals surface area (Å²) < 4.78 is 5.92. The van der Waals surface area contributed by atoms with Crippen LogP contribution in [0.5, 0.6) is 5.75 Å². The van der Waals surface area contributed by atoms with Crippen LogP contribution in [0.25, 0.3) is 11.3 Å². The second kappa shape index (κ2) is 7.56. The number of anilines is 1. The van der Waals surface area contributed by atoms with Gasteiger partial charge in [0.25, 0.3) is 0 Å². The van der Waals surface area contributed by atoms with Crippen molar-refractivity contribution >= 4 is 23.3 Å². The number of phenols is 1. The zero-order chi connectivity index (χ0) is 19.8. The first kappa shape index (κ1) is 19.0. The third-order valence-corrected chi connectivity index (χ3v) is 5.73. The van der Waals surface area contributed by atoms with Crippen LogP contribution in [0.15, 0.2) is 24.3 Å². The number of aromatic hydroxyl groups is 1. The van der Waals surface area contributed by atoms with E-state index < -0.39 is 0 Å². The van der Waals surface area contributed by atoms with Crippen molar-refractivity contribution in [3.63, 3.8) is 0 Å². The lowest BCUT2D eigenvalue weighted by Crippen LogP contribution is -2.61. The normalized spacial score (nSPS) is 22.1. The second-order valence-electron chi connectivity index (χ2n) is 7.32. The van der Waals surface area contributed by atoms with Gasteiger partial charge < -0.3 is 19.6 Å². The average molecular weight is 403 g/mol. The summed E-state index contributed by atoms with van der Waals surface area (Å²) in [6.07, 6.45) is 0.915. The Hall–Kier alpha value is -2.38. The predicted octanol–water partition coefficient (Wildman–Crippen LogP) is 2.64. The Bertz CT molecular complexity index is 867. The number of nitrogens with zero attached hydrogens (tertiary/aromatic N) is 4. The molecule has 28 heavy (non-hydrogen) atoms. The Labute approximate surface area is 168 Å². The SMILES string of the molecule is CC(=O)N1CC[C@H]2OCCN(c3ccc(-c4c(C)cc(Cl)cc4O)nn3)[C@H]2C1. The van der Waals surface area contributed by atoms with Gasteiger partial charge in [0.05, 0.1) is 24.4 Å². The van der Waals surface area contributed by atoms with E-state index in [0.29, 0.717) is 36.0 Å². The van der Waals surface area contributed by atoms with E-state index in [4.69, 9.17) is 16.3 Å². The first-order valence-corrected chi connectivity index (χ1v) is 9.79. The van der Waals surface area contributed by atoms with Crippen LogP contribution in [0.4, 0.5) is 5.82 Å². The Balaban J connectivity index is 1.60. The molecule has 4 rings (SSSR count). The monoisotopic (exact) mass is 402 g/mol. The van der Waals surface area contributed by atoms with Gasteiger partial charge in [-0.2, -0.15) is 0 Å². The molecule has 2 saturated heterocycles. The van der Waals surface area contributed by atoms with Crippen molar-refractivity contribution in [2.24, 2.45) is 0 Å².